The standard InChI is InChI=1S/C14H9ClFNO2/c15-12-6-11(16)2-4-14(12)19-13-3-1-9(8-18)5-10(13)7-17/h1-6,18H,8H2. The number of nitrogens with zero attached hydrogens (tertiary/aromatic N) is 1. The summed E-state index contributed by atoms with van der Waals surface area (Å²) in [4.78, 5) is 0. The van der Waals surface area contributed by atoms with E-state index in [1.54, 1.807) is 12.1 Å². The summed E-state index contributed by atoms with van der Waals surface area (Å²) in [6.07, 6.45) is 0. The summed E-state index contributed by atoms with van der Waals surface area (Å²) in [5, 5.41) is 18.1. The van der Waals surface area contributed by atoms with Crippen molar-refractivity contribution in [3.8, 4) is 17.6 Å². The number of hydrogen-bond acceptors (Lipinski definition) is 3. The zero-order valence-electron chi connectivity index (χ0n) is 9.73. The van der Waals surface area contributed by atoms with E-state index in [9.17, 15) is 4.39 Å². The monoisotopic (exact) mass is 277 g/mol. The van der Waals surface area contributed by atoms with Crippen molar-refractivity contribution in [3.05, 3.63) is 58.4 Å². The number of benzene rings is 2. The second-order valence-corrected chi connectivity index (χ2v) is 4.18. The van der Waals surface area contributed by atoms with Crippen LogP contribution in [0.2, 0.25) is 5.02 Å². The second-order valence-electron chi connectivity index (χ2n) is 3.78. The third kappa shape index (κ3) is 3.02. The van der Waals surface area contributed by atoms with Gasteiger partial charge in [0.2, 0.25) is 0 Å². The Morgan fingerprint density at radius 1 is 1.21 bits per heavy atom. The number of halogens is 2. The number of rotatable bonds is 3. The molecular weight excluding hydrogens is 269 g/mol. The van der Waals surface area contributed by atoms with Crippen LogP contribution in [0.3, 0.4) is 0 Å². The molecule has 0 atom stereocenters. The quantitative estimate of drug-likeness (QED) is 0.932. The lowest BCUT2D eigenvalue weighted by Crippen LogP contribution is -1.92. The first-order chi connectivity index (χ1) is 9.13. The summed E-state index contributed by atoms with van der Waals surface area (Å²) in [7, 11) is 0. The number of aliphatic hydroxyl groups is 1. The van der Waals surface area contributed by atoms with Gasteiger partial charge in [-0.2, -0.15) is 5.26 Å². The Kier molecular flexibility index (Phi) is 4.00. The predicted molar refractivity (Wildman–Crippen MR) is 68.6 cm³/mol. The highest BCUT2D eigenvalue weighted by Crippen LogP contribution is 2.31. The summed E-state index contributed by atoms with van der Waals surface area (Å²) in [5.41, 5.74) is 0.876. The zero-order valence-corrected chi connectivity index (χ0v) is 10.5. The van der Waals surface area contributed by atoms with E-state index < -0.39 is 5.82 Å². The van der Waals surface area contributed by atoms with Crippen LogP contribution < -0.4 is 4.74 Å². The molecule has 0 unspecified atom stereocenters. The third-order valence-electron chi connectivity index (χ3n) is 2.46. The molecule has 0 aliphatic heterocycles. The van der Waals surface area contributed by atoms with Crippen LogP contribution in [-0.2, 0) is 6.61 Å². The molecule has 96 valence electrons. The Labute approximate surface area is 114 Å². The normalized spacial score (nSPS) is 10.0. The molecule has 0 bridgehead atoms. The molecule has 0 fully saturated rings. The molecule has 0 spiro atoms. The average Bonchev–Trinajstić information content (AvgIpc) is 2.42. The largest absolute Gasteiger partial charge is 0.454 e. The molecule has 0 saturated heterocycles. The minimum atomic E-state index is -0.464. The van der Waals surface area contributed by atoms with Gasteiger partial charge in [0.05, 0.1) is 17.2 Å². The molecule has 0 saturated carbocycles. The number of nitriles is 1. The fourth-order valence-corrected chi connectivity index (χ4v) is 1.73. The van der Waals surface area contributed by atoms with Crippen molar-refractivity contribution in [3.63, 3.8) is 0 Å². The lowest BCUT2D eigenvalue weighted by molar-refractivity contribution is 0.281. The topological polar surface area (TPSA) is 53.2 Å². The maximum Gasteiger partial charge on any atom is 0.146 e. The Hall–Kier alpha value is -2.09. The van der Waals surface area contributed by atoms with Crippen molar-refractivity contribution in [1.82, 2.24) is 0 Å². The fourth-order valence-electron chi connectivity index (χ4n) is 1.53. The Morgan fingerprint density at radius 3 is 2.58 bits per heavy atom. The Bertz CT molecular complexity index is 652. The average molecular weight is 278 g/mol. The molecule has 0 aliphatic carbocycles. The van der Waals surface area contributed by atoms with Gasteiger partial charge >= 0.3 is 0 Å². The molecule has 5 heteroatoms. The molecule has 1 N–H and O–H groups in total. The highest BCUT2D eigenvalue weighted by atomic mass is 35.5. The van der Waals surface area contributed by atoms with Crippen LogP contribution >= 0.6 is 11.6 Å². The Morgan fingerprint density at radius 2 is 1.95 bits per heavy atom. The third-order valence-corrected chi connectivity index (χ3v) is 2.76. The number of hydrogen-bond donors (Lipinski definition) is 1. The molecule has 19 heavy (non-hydrogen) atoms. The van der Waals surface area contributed by atoms with Gasteiger partial charge in [-0.05, 0) is 35.9 Å². The zero-order chi connectivity index (χ0) is 13.8. The van der Waals surface area contributed by atoms with Gasteiger partial charge in [0.1, 0.15) is 23.4 Å². The summed E-state index contributed by atoms with van der Waals surface area (Å²) >= 11 is 5.85. The molecule has 0 aliphatic rings. The lowest BCUT2D eigenvalue weighted by Gasteiger charge is -2.09. The van der Waals surface area contributed by atoms with Crippen molar-refractivity contribution in [1.29, 1.82) is 5.26 Å². The van der Waals surface area contributed by atoms with Gasteiger partial charge in [0.25, 0.3) is 0 Å². The van der Waals surface area contributed by atoms with Crippen molar-refractivity contribution in [2.45, 2.75) is 6.61 Å². The Balaban J connectivity index is 2.35. The van der Waals surface area contributed by atoms with Crippen LogP contribution in [0.5, 0.6) is 11.5 Å². The van der Waals surface area contributed by atoms with E-state index in [0.29, 0.717) is 11.3 Å². The summed E-state index contributed by atoms with van der Waals surface area (Å²) in [5.74, 6) is 0.0954. The van der Waals surface area contributed by atoms with E-state index in [2.05, 4.69) is 0 Å². The van der Waals surface area contributed by atoms with Gasteiger partial charge < -0.3 is 9.84 Å². The van der Waals surface area contributed by atoms with Gasteiger partial charge in [0.15, 0.2) is 0 Å². The van der Waals surface area contributed by atoms with Gasteiger partial charge in [0, 0.05) is 0 Å². The highest BCUT2D eigenvalue weighted by molar-refractivity contribution is 6.32. The van der Waals surface area contributed by atoms with Crippen molar-refractivity contribution in [2.24, 2.45) is 0 Å². The molecule has 0 radical (unpaired) electrons. The van der Waals surface area contributed by atoms with E-state index in [0.717, 1.165) is 6.07 Å². The van der Waals surface area contributed by atoms with Crippen molar-refractivity contribution >= 4 is 11.6 Å². The predicted octanol–water partition coefficient (Wildman–Crippen LogP) is 3.64. The first-order valence-electron chi connectivity index (χ1n) is 5.41. The number of ether oxygens (including phenoxy) is 1. The van der Waals surface area contributed by atoms with E-state index in [4.69, 9.17) is 26.7 Å². The maximum atomic E-state index is 12.9. The molecule has 2 rings (SSSR count). The van der Waals surface area contributed by atoms with Crippen LogP contribution in [0.25, 0.3) is 0 Å². The minimum Gasteiger partial charge on any atom is -0.454 e. The minimum absolute atomic E-state index is 0.120. The van der Waals surface area contributed by atoms with E-state index >= 15 is 0 Å². The molecule has 0 amide bonds. The molecule has 2 aromatic carbocycles. The maximum absolute atomic E-state index is 12.9. The van der Waals surface area contributed by atoms with Crippen LogP contribution in [0.4, 0.5) is 4.39 Å². The van der Waals surface area contributed by atoms with Crippen LogP contribution in [-0.4, -0.2) is 5.11 Å². The van der Waals surface area contributed by atoms with Crippen molar-refractivity contribution < 1.29 is 14.2 Å². The smallest absolute Gasteiger partial charge is 0.146 e. The lowest BCUT2D eigenvalue weighted by atomic mass is 10.1. The SMILES string of the molecule is N#Cc1cc(CO)ccc1Oc1ccc(F)cc1Cl. The molecule has 3 nitrogen and oxygen atoms in total. The van der Waals surface area contributed by atoms with Gasteiger partial charge in [-0.15, -0.1) is 0 Å². The molecule has 0 aromatic heterocycles. The van der Waals surface area contributed by atoms with Gasteiger partial charge in [-0.3, -0.25) is 0 Å². The van der Waals surface area contributed by atoms with Crippen LogP contribution in [0, 0.1) is 17.1 Å². The molecule has 2 aromatic rings. The number of aliphatic hydroxyl groups excluding tert-OH is 1. The first kappa shape index (κ1) is 13.3. The summed E-state index contributed by atoms with van der Waals surface area (Å²) in [6.45, 7) is -0.160. The highest BCUT2D eigenvalue weighted by Gasteiger charge is 2.09. The van der Waals surface area contributed by atoms with E-state index in [1.807, 2.05) is 6.07 Å². The second kappa shape index (κ2) is 5.70. The van der Waals surface area contributed by atoms with Gasteiger partial charge in [-0.25, -0.2) is 4.39 Å². The van der Waals surface area contributed by atoms with Gasteiger partial charge in [-0.1, -0.05) is 17.7 Å². The first-order valence-corrected chi connectivity index (χ1v) is 5.78. The summed E-state index contributed by atoms with van der Waals surface area (Å²) in [6, 6.07) is 10.4. The van der Waals surface area contributed by atoms with Crippen LogP contribution in [0.1, 0.15) is 11.1 Å². The van der Waals surface area contributed by atoms with E-state index in [-0.39, 0.29) is 22.9 Å². The summed E-state index contributed by atoms with van der Waals surface area (Å²) < 4.78 is 18.4. The molecule has 0 heterocycles. The van der Waals surface area contributed by atoms with E-state index in [1.165, 1.54) is 18.2 Å². The molecular formula is C14H9ClFNO2. The fraction of sp³-hybridized carbons (Fsp3) is 0.0714. The van der Waals surface area contributed by atoms with Crippen molar-refractivity contribution in [2.75, 3.05) is 0 Å². The van der Waals surface area contributed by atoms with Crippen LogP contribution in [0.15, 0.2) is 36.4 Å².